The quantitative estimate of drug-likeness (QED) is 0.892. The molecule has 1 aliphatic carbocycles. The largest absolute Gasteiger partial charge is 0.491 e. The van der Waals surface area contributed by atoms with Crippen LogP contribution in [0.4, 0.5) is 10.1 Å². The molecule has 1 amide bonds. The molecule has 0 heterocycles. The molecule has 1 fully saturated rings. The molecular formula is C15H20FNO3. The van der Waals surface area contributed by atoms with Crippen molar-refractivity contribution in [1.82, 2.24) is 0 Å². The van der Waals surface area contributed by atoms with Crippen LogP contribution in [0, 0.1) is 11.7 Å². The Morgan fingerprint density at radius 2 is 2.20 bits per heavy atom. The minimum absolute atomic E-state index is 0.0326. The summed E-state index contributed by atoms with van der Waals surface area (Å²) in [4.78, 5) is 12.0. The van der Waals surface area contributed by atoms with E-state index in [2.05, 4.69) is 5.32 Å². The minimum Gasteiger partial charge on any atom is -0.491 e. The summed E-state index contributed by atoms with van der Waals surface area (Å²) in [6, 6.07) is 4.39. The number of benzene rings is 1. The van der Waals surface area contributed by atoms with Crippen molar-refractivity contribution in [2.75, 3.05) is 5.32 Å². The van der Waals surface area contributed by atoms with Gasteiger partial charge in [-0.1, -0.05) is 0 Å². The molecule has 2 N–H and O–H groups in total. The molecule has 2 rings (SSSR count). The van der Waals surface area contributed by atoms with Crippen LogP contribution in [0.2, 0.25) is 0 Å². The maximum absolute atomic E-state index is 13.9. The Hall–Kier alpha value is -1.62. The monoisotopic (exact) mass is 281 g/mol. The summed E-state index contributed by atoms with van der Waals surface area (Å²) in [6.07, 6.45) is 1.26. The summed E-state index contributed by atoms with van der Waals surface area (Å²) in [7, 11) is 0. The first-order valence-electron chi connectivity index (χ1n) is 6.91. The standard InChI is InChI=1S/C15H20FNO3/c1-9(2)20-12-5-6-14(13(16)8-12)17-15(19)10-3-4-11(18)7-10/h5-6,8-11,18H,3-4,7H2,1-2H3,(H,17,19)/t10-,11-/m1/s1. The van der Waals surface area contributed by atoms with Gasteiger partial charge < -0.3 is 15.2 Å². The molecule has 5 heteroatoms. The topological polar surface area (TPSA) is 58.6 Å². The normalized spacial score (nSPS) is 22.1. The fourth-order valence-electron chi connectivity index (χ4n) is 2.37. The van der Waals surface area contributed by atoms with E-state index in [0.717, 1.165) is 0 Å². The molecule has 0 spiro atoms. The van der Waals surface area contributed by atoms with Gasteiger partial charge >= 0.3 is 0 Å². The second-order valence-electron chi connectivity index (χ2n) is 5.46. The number of halogens is 1. The van der Waals surface area contributed by atoms with Crippen molar-refractivity contribution in [2.45, 2.75) is 45.3 Å². The van der Waals surface area contributed by atoms with Gasteiger partial charge in [-0.25, -0.2) is 4.39 Å². The number of amides is 1. The Kier molecular flexibility index (Phi) is 4.60. The van der Waals surface area contributed by atoms with Crippen LogP contribution in [0.1, 0.15) is 33.1 Å². The highest BCUT2D eigenvalue weighted by Gasteiger charge is 2.29. The second kappa shape index (κ2) is 6.22. The average molecular weight is 281 g/mol. The second-order valence-corrected chi connectivity index (χ2v) is 5.46. The van der Waals surface area contributed by atoms with Crippen molar-refractivity contribution in [3.8, 4) is 5.75 Å². The molecule has 4 nitrogen and oxygen atoms in total. The first-order valence-corrected chi connectivity index (χ1v) is 6.91. The Morgan fingerprint density at radius 1 is 1.45 bits per heavy atom. The van der Waals surface area contributed by atoms with Crippen LogP contribution < -0.4 is 10.1 Å². The Balaban J connectivity index is 2.00. The number of rotatable bonds is 4. The van der Waals surface area contributed by atoms with Crippen LogP contribution in [0.5, 0.6) is 5.75 Å². The van der Waals surface area contributed by atoms with E-state index in [1.165, 1.54) is 12.1 Å². The van der Waals surface area contributed by atoms with Crippen LogP contribution in [0.3, 0.4) is 0 Å². The van der Waals surface area contributed by atoms with Crippen molar-refractivity contribution < 1.29 is 19.0 Å². The highest BCUT2D eigenvalue weighted by molar-refractivity contribution is 5.92. The maximum Gasteiger partial charge on any atom is 0.227 e. The van der Waals surface area contributed by atoms with Crippen LogP contribution in [-0.2, 0) is 4.79 Å². The molecule has 1 aromatic rings. The third-order valence-corrected chi connectivity index (χ3v) is 3.35. The van der Waals surface area contributed by atoms with E-state index in [0.29, 0.717) is 25.0 Å². The number of carbonyl (C=O) groups is 1. The third-order valence-electron chi connectivity index (χ3n) is 3.35. The van der Waals surface area contributed by atoms with E-state index in [1.54, 1.807) is 6.07 Å². The molecule has 0 saturated heterocycles. The molecule has 1 aliphatic rings. The van der Waals surface area contributed by atoms with Crippen LogP contribution in [0.25, 0.3) is 0 Å². The Bertz CT molecular complexity index is 490. The molecule has 20 heavy (non-hydrogen) atoms. The van der Waals surface area contributed by atoms with Gasteiger partial charge in [-0.05, 0) is 45.2 Å². The molecule has 1 saturated carbocycles. The van der Waals surface area contributed by atoms with Gasteiger partial charge in [0.2, 0.25) is 5.91 Å². The minimum atomic E-state index is -0.518. The van der Waals surface area contributed by atoms with Crippen LogP contribution in [0.15, 0.2) is 18.2 Å². The van der Waals surface area contributed by atoms with Crippen molar-refractivity contribution in [3.05, 3.63) is 24.0 Å². The number of ether oxygens (including phenoxy) is 1. The molecule has 0 aromatic heterocycles. The predicted octanol–water partition coefficient (Wildman–Crippen LogP) is 2.71. The van der Waals surface area contributed by atoms with E-state index < -0.39 is 11.9 Å². The van der Waals surface area contributed by atoms with Crippen molar-refractivity contribution in [1.29, 1.82) is 0 Å². The average Bonchev–Trinajstić information content (AvgIpc) is 2.78. The highest BCUT2D eigenvalue weighted by Crippen LogP contribution is 2.28. The zero-order chi connectivity index (χ0) is 14.7. The maximum atomic E-state index is 13.9. The summed E-state index contributed by atoms with van der Waals surface area (Å²) in [5.74, 6) is -0.559. The summed E-state index contributed by atoms with van der Waals surface area (Å²) in [5.41, 5.74) is 0.146. The molecule has 110 valence electrons. The van der Waals surface area contributed by atoms with Gasteiger partial charge in [0.15, 0.2) is 0 Å². The number of carbonyl (C=O) groups excluding carboxylic acids is 1. The number of aliphatic hydroxyl groups excluding tert-OH is 1. The lowest BCUT2D eigenvalue weighted by atomic mass is 10.1. The van der Waals surface area contributed by atoms with Gasteiger partial charge in [-0.15, -0.1) is 0 Å². The van der Waals surface area contributed by atoms with E-state index in [9.17, 15) is 14.3 Å². The lowest BCUT2D eigenvalue weighted by molar-refractivity contribution is -0.119. The number of anilines is 1. The first kappa shape index (κ1) is 14.8. The van der Waals surface area contributed by atoms with Gasteiger partial charge in [0.1, 0.15) is 11.6 Å². The highest BCUT2D eigenvalue weighted by atomic mass is 19.1. The zero-order valence-electron chi connectivity index (χ0n) is 11.7. The van der Waals surface area contributed by atoms with E-state index in [4.69, 9.17) is 4.74 Å². The van der Waals surface area contributed by atoms with Crippen molar-refractivity contribution in [3.63, 3.8) is 0 Å². The van der Waals surface area contributed by atoms with Crippen molar-refractivity contribution in [2.24, 2.45) is 5.92 Å². The van der Waals surface area contributed by atoms with Gasteiger partial charge in [0.05, 0.1) is 17.9 Å². The molecule has 0 bridgehead atoms. The summed E-state index contributed by atoms with van der Waals surface area (Å²) in [6.45, 7) is 3.72. The third kappa shape index (κ3) is 3.70. The molecular weight excluding hydrogens is 261 g/mol. The van der Waals surface area contributed by atoms with Gasteiger partial charge in [0, 0.05) is 12.0 Å². The van der Waals surface area contributed by atoms with Crippen LogP contribution in [-0.4, -0.2) is 23.2 Å². The van der Waals surface area contributed by atoms with E-state index in [1.807, 2.05) is 13.8 Å². The van der Waals surface area contributed by atoms with E-state index >= 15 is 0 Å². The SMILES string of the molecule is CC(C)Oc1ccc(NC(=O)[C@@H]2CC[C@@H](O)C2)c(F)c1. The zero-order valence-corrected chi connectivity index (χ0v) is 11.7. The molecule has 0 unspecified atom stereocenters. The number of nitrogens with one attached hydrogen (secondary N) is 1. The fourth-order valence-corrected chi connectivity index (χ4v) is 2.37. The lowest BCUT2D eigenvalue weighted by Crippen LogP contribution is -2.21. The summed E-state index contributed by atoms with van der Waals surface area (Å²) < 4.78 is 19.3. The molecule has 0 aliphatic heterocycles. The molecule has 2 atom stereocenters. The fraction of sp³-hybridized carbons (Fsp3) is 0.533. The number of aliphatic hydroxyl groups is 1. The van der Waals surface area contributed by atoms with Gasteiger partial charge in [0.25, 0.3) is 0 Å². The predicted molar refractivity (Wildman–Crippen MR) is 74.1 cm³/mol. The smallest absolute Gasteiger partial charge is 0.227 e. The summed E-state index contributed by atoms with van der Waals surface area (Å²) >= 11 is 0. The number of hydrogen-bond donors (Lipinski definition) is 2. The Morgan fingerprint density at radius 3 is 2.75 bits per heavy atom. The van der Waals surface area contributed by atoms with Crippen LogP contribution >= 0.6 is 0 Å². The van der Waals surface area contributed by atoms with Crippen molar-refractivity contribution >= 4 is 11.6 Å². The van der Waals surface area contributed by atoms with Gasteiger partial charge in [-0.3, -0.25) is 4.79 Å². The Labute approximate surface area is 117 Å². The van der Waals surface area contributed by atoms with Gasteiger partial charge in [-0.2, -0.15) is 0 Å². The van der Waals surface area contributed by atoms with E-state index in [-0.39, 0.29) is 23.6 Å². The molecule has 0 radical (unpaired) electrons. The lowest BCUT2D eigenvalue weighted by Gasteiger charge is -2.13. The summed E-state index contributed by atoms with van der Waals surface area (Å²) in [5, 5.41) is 12.0. The number of hydrogen-bond acceptors (Lipinski definition) is 3. The first-order chi connectivity index (χ1) is 9.45. The molecule has 1 aromatic carbocycles.